The fourth-order valence-corrected chi connectivity index (χ4v) is 3.09. The van der Waals surface area contributed by atoms with E-state index >= 15 is 0 Å². The highest BCUT2D eigenvalue weighted by Crippen LogP contribution is 2.25. The number of amides is 1. The highest BCUT2D eigenvalue weighted by Gasteiger charge is 2.12. The van der Waals surface area contributed by atoms with Crippen LogP contribution in [-0.4, -0.2) is 16.0 Å². The van der Waals surface area contributed by atoms with Crippen molar-refractivity contribution < 1.29 is 9.32 Å². The first-order valence-electron chi connectivity index (χ1n) is 8.12. The number of nitrogens with zero attached hydrogens (tertiary/aromatic N) is 2. The molecule has 3 rings (SSSR count). The highest BCUT2D eigenvalue weighted by molar-refractivity contribution is 6.36. The Morgan fingerprint density at radius 1 is 1.15 bits per heavy atom. The fraction of sp³-hybridized carbons (Fsp3) is 0.211. The van der Waals surface area contributed by atoms with Crippen LogP contribution in [0, 0.1) is 6.92 Å². The molecule has 0 aliphatic carbocycles. The van der Waals surface area contributed by atoms with Crippen LogP contribution in [0.25, 0.3) is 11.4 Å². The largest absolute Gasteiger partial charge is 0.347 e. The molecule has 7 heteroatoms. The Morgan fingerprint density at radius 2 is 1.88 bits per heavy atom. The van der Waals surface area contributed by atoms with E-state index in [0.717, 1.165) is 16.7 Å². The number of carbonyl (C=O) groups excluding carboxylic acids is 1. The number of nitrogens with one attached hydrogen (secondary N) is 1. The Bertz CT molecular complexity index is 904. The second-order valence-electron chi connectivity index (χ2n) is 5.86. The van der Waals surface area contributed by atoms with Crippen LogP contribution in [0.15, 0.2) is 47.0 Å². The van der Waals surface area contributed by atoms with E-state index in [1.54, 1.807) is 18.2 Å². The molecule has 0 fully saturated rings. The van der Waals surface area contributed by atoms with Crippen molar-refractivity contribution in [3.05, 3.63) is 69.5 Å². The number of benzene rings is 2. The van der Waals surface area contributed by atoms with Crippen LogP contribution in [0.5, 0.6) is 0 Å². The molecule has 1 heterocycles. The monoisotopic (exact) mass is 389 g/mol. The van der Waals surface area contributed by atoms with Gasteiger partial charge in [0.25, 0.3) is 0 Å². The number of carbonyl (C=O) groups is 1. The fourth-order valence-electron chi connectivity index (χ4n) is 2.50. The number of halogens is 2. The number of hydrogen-bond donors (Lipinski definition) is 1. The Labute approximate surface area is 161 Å². The van der Waals surface area contributed by atoms with Gasteiger partial charge in [0.05, 0.1) is 6.54 Å². The van der Waals surface area contributed by atoms with Crippen molar-refractivity contribution >= 4 is 29.1 Å². The summed E-state index contributed by atoms with van der Waals surface area (Å²) in [5.74, 6) is 0.711. The van der Waals surface area contributed by atoms with Gasteiger partial charge in [-0.2, -0.15) is 4.98 Å². The van der Waals surface area contributed by atoms with Gasteiger partial charge in [-0.3, -0.25) is 4.79 Å². The molecular formula is C19H17Cl2N3O2. The molecule has 5 nitrogen and oxygen atoms in total. The molecule has 0 atom stereocenters. The Balaban J connectivity index is 1.54. The predicted octanol–water partition coefficient (Wildman–Crippen LogP) is 4.60. The first kappa shape index (κ1) is 18.4. The van der Waals surface area contributed by atoms with E-state index in [2.05, 4.69) is 15.5 Å². The van der Waals surface area contributed by atoms with E-state index in [-0.39, 0.29) is 18.9 Å². The standard InChI is InChI=1S/C19H17Cl2N3O2/c1-12-4-2-5-13(10-12)19-23-18(26-24-19)11-22-17(25)9-8-14-15(20)6-3-7-16(14)21/h2-7,10H,8-9,11H2,1H3,(H,22,25). The van der Waals surface area contributed by atoms with E-state index < -0.39 is 0 Å². The van der Waals surface area contributed by atoms with Gasteiger partial charge >= 0.3 is 0 Å². The van der Waals surface area contributed by atoms with Gasteiger partial charge in [0.1, 0.15) is 0 Å². The molecule has 0 saturated carbocycles. The zero-order chi connectivity index (χ0) is 18.5. The third kappa shape index (κ3) is 4.62. The molecule has 0 aliphatic heterocycles. The topological polar surface area (TPSA) is 68.0 Å². The molecule has 26 heavy (non-hydrogen) atoms. The molecule has 1 N–H and O–H groups in total. The molecular weight excluding hydrogens is 373 g/mol. The quantitative estimate of drug-likeness (QED) is 0.668. The van der Waals surface area contributed by atoms with Crippen LogP contribution in [0.1, 0.15) is 23.4 Å². The predicted molar refractivity (Wildman–Crippen MR) is 101 cm³/mol. The number of rotatable bonds is 6. The molecule has 0 radical (unpaired) electrons. The molecule has 0 spiro atoms. The minimum Gasteiger partial charge on any atom is -0.347 e. The van der Waals surface area contributed by atoms with Crippen molar-refractivity contribution in [3.8, 4) is 11.4 Å². The van der Waals surface area contributed by atoms with Gasteiger partial charge in [-0.15, -0.1) is 0 Å². The van der Waals surface area contributed by atoms with Crippen molar-refractivity contribution in [1.29, 1.82) is 0 Å². The van der Waals surface area contributed by atoms with Crippen molar-refractivity contribution in [2.45, 2.75) is 26.3 Å². The zero-order valence-corrected chi connectivity index (χ0v) is 15.6. The molecule has 0 saturated heterocycles. The maximum Gasteiger partial charge on any atom is 0.246 e. The van der Waals surface area contributed by atoms with E-state index in [1.807, 2.05) is 31.2 Å². The normalized spacial score (nSPS) is 10.7. The Kier molecular flexibility index (Phi) is 5.91. The molecule has 0 aliphatic rings. The van der Waals surface area contributed by atoms with Gasteiger partial charge < -0.3 is 9.84 Å². The average molecular weight is 390 g/mol. The molecule has 1 amide bonds. The van der Waals surface area contributed by atoms with E-state index in [0.29, 0.717) is 28.2 Å². The molecule has 0 bridgehead atoms. The van der Waals surface area contributed by atoms with Gasteiger partial charge in [-0.05, 0) is 37.1 Å². The van der Waals surface area contributed by atoms with Crippen LogP contribution in [0.3, 0.4) is 0 Å². The summed E-state index contributed by atoms with van der Waals surface area (Å²) in [5, 5.41) is 7.83. The number of aryl methyl sites for hydroxylation is 1. The molecule has 134 valence electrons. The van der Waals surface area contributed by atoms with Crippen molar-refractivity contribution in [3.63, 3.8) is 0 Å². The zero-order valence-electron chi connectivity index (χ0n) is 14.1. The lowest BCUT2D eigenvalue weighted by molar-refractivity contribution is -0.121. The van der Waals surface area contributed by atoms with Gasteiger partial charge in [-0.25, -0.2) is 0 Å². The first-order chi connectivity index (χ1) is 12.5. The minimum absolute atomic E-state index is 0.142. The summed E-state index contributed by atoms with van der Waals surface area (Å²) >= 11 is 12.2. The third-order valence-electron chi connectivity index (χ3n) is 3.84. The van der Waals surface area contributed by atoms with Crippen molar-refractivity contribution in [2.75, 3.05) is 0 Å². The third-order valence-corrected chi connectivity index (χ3v) is 4.55. The van der Waals surface area contributed by atoms with Gasteiger partial charge in [0.2, 0.25) is 17.6 Å². The van der Waals surface area contributed by atoms with E-state index in [4.69, 9.17) is 27.7 Å². The molecule has 0 unspecified atom stereocenters. The maximum absolute atomic E-state index is 12.0. The van der Waals surface area contributed by atoms with Crippen LogP contribution in [-0.2, 0) is 17.8 Å². The smallest absolute Gasteiger partial charge is 0.246 e. The lowest BCUT2D eigenvalue weighted by atomic mass is 10.1. The first-order valence-corrected chi connectivity index (χ1v) is 8.88. The summed E-state index contributed by atoms with van der Waals surface area (Å²) in [6.45, 7) is 2.17. The Morgan fingerprint density at radius 3 is 2.62 bits per heavy atom. The summed E-state index contributed by atoms with van der Waals surface area (Å²) in [6.07, 6.45) is 0.727. The lowest BCUT2D eigenvalue weighted by Gasteiger charge is -2.06. The maximum atomic E-state index is 12.0. The second kappa shape index (κ2) is 8.34. The summed E-state index contributed by atoms with van der Waals surface area (Å²) in [6, 6.07) is 13.1. The van der Waals surface area contributed by atoms with E-state index in [1.165, 1.54) is 0 Å². The average Bonchev–Trinajstić information content (AvgIpc) is 3.09. The van der Waals surface area contributed by atoms with Crippen LogP contribution in [0.2, 0.25) is 10.0 Å². The molecule has 2 aromatic carbocycles. The number of hydrogen-bond acceptors (Lipinski definition) is 4. The molecule has 1 aromatic heterocycles. The summed E-state index contributed by atoms with van der Waals surface area (Å²) in [7, 11) is 0. The highest BCUT2D eigenvalue weighted by atomic mass is 35.5. The molecule has 3 aromatic rings. The van der Waals surface area contributed by atoms with Crippen molar-refractivity contribution in [1.82, 2.24) is 15.5 Å². The summed E-state index contributed by atoms with van der Waals surface area (Å²) < 4.78 is 5.19. The van der Waals surface area contributed by atoms with Crippen LogP contribution >= 0.6 is 23.2 Å². The Hall–Kier alpha value is -2.37. The van der Waals surface area contributed by atoms with Crippen LogP contribution in [0.4, 0.5) is 0 Å². The SMILES string of the molecule is Cc1cccc(-c2noc(CNC(=O)CCc3c(Cl)cccc3Cl)n2)c1. The number of aromatic nitrogens is 2. The summed E-state index contributed by atoms with van der Waals surface area (Å²) in [5.41, 5.74) is 2.76. The van der Waals surface area contributed by atoms with Gasteiger partial charge in [-0.1, -0.05) is 58.2 Å². The summed E-state index contributed by atoms with van der Waals surface area (Å²) in [4.78, 5) is 16.4. The minimum atomic E-state index is -0.142. The van der Waals surface area contributed by atoms with Gasteiger partial charge in [0.15, 0.2) is 0 Å². The lowest BCUT2D eigenvalue weighted by Crippen LogP contribution is -2.23. The van der Waals surface area contributed by atoms with Crippen molar-refractivity contribution in [2.24, 2.45) is 0 Å². The second-order valence-corrected chi connectivity index (χ2v) is 6.67. The van der Waals surface area contributed by atoms with Gasteiger partial charge in [0, 0.05) is 22.0 Å². The van der Waals surface area contributed by atoms with Crippen LogP contribution < -0.4 is 5.32 Å². The van der Waals surface area contributed by atoms with E-state index in [9.17, 15) is 4.79 Å².